The van der Waals surface area contributed by atoms with E-state index in [9.17, 15) is 28.2 Å². The second kappa shape index (κ2) is 9.28. The van der Waals surface area contributed by atoms with Crippen molar-refractivity contribution in [2.24, 2.45) is 11.3 Å². The number of nitrogens with one attached hydrogen (secondary N) is 1. The summed E-state index contributed by atoms with van der Waals surface area (Å²) in [5, 5.41) is 24.1. The van der Waals surface area contributed by atoms with E-state index >= 15 is 0 Å². The Morgan fingerprint density at radius 2 is 2.00 bits per heavy atom. The Kier molecular flexibility index (Phi) is 6.64. The number of carboxylic acids is 1. The Labute approximate surface area is 208 Å². The van der Waals surface area contributed by atoms with E-state index in [1.54, 1.807) is 12.3 Å². The summed E-state index contributed by atoms with van der Waals surface area (Å²) in [4.78, 5) is 28.3. The molecule has 0 aliphatic heterocycles. The highest BCUT2D eigenvalue weighted by atomic mass is 32.1. The lowest BCUT2D eigenvalue weighted by atomic mass is 9.63. The first kappa shape index (κ1) is 25.8. The second-order valence-electron chi connectivity index (χ2n) is 9.33. The van der Waals surface area contributed by atoms with Gasteiger partial charge in [0.15, 0.2) is 0 Å². The summed E-state index contributed by atoms with van der Waals surface area (Å²) in [5.41, 5.74) is -2.25. The quantitative estimate of drug-likeness (QED) is 0.414. The van der Waals surface area contributed by atoms with E-state index in [1.165, 1.54) is 24.5 Å². The van der Waals surface area contributed by atoms with Gasteiger partial charge in [0.05, 0.1) is 23.6 Å². The lowest BCUT2D eigenvalue weighted by Crippen LogP contribution is -2.44. The van der Waals surface area contributed by atoms with E-state index in [2.05, 4.69) is 25.3 Å². The number of thiazole rings is 1. The molecule has 3 aromatic heterocycles. The van der Waals surface area contributed by atoms with Crippen molar-refractivity contribution in [3.05, 3.63) is 41.3 Å². The average molecular weight is 524 g/mol. The second-order valence-corrected chi connectivity index (χ2v) is 10.4. The summed E-state index contributed by atoms with van der Waals surface area (Å²) in [6.07, 6.45) is -1.26. The van der Waals surface area contributed by atoms with E-state index in [4.69, 9.17) is 4.74 Å². The predicted molar refractivity (Wildman–Crippen MR) is 125 cm³/mol. The number of nitrogens with zero attached hydrogens (tertiary/aromatic N) is 4. The maximum Gasteiger partial charge on any atom is 0.433 e. The van der Waals surface area contributed by atoms with Crippen molar-refractivity contribution >= 4 is 28.9 Å². The molecule has 1 fully saturated rings. The maximum atomic E-state index is 13.0. The van der Waals surface area contributed by atoms with Gasteiger partial charge in [-0.15, -0.1) is 11.3 Å². The van der Waals surface area contributed by atoms with Crippen molar-refractivity contribution in [1.29, 1.82) is 0 Å². The third kappa shape index (κ3) is 5.26. The molecule has 1 aliphatic carbocycles. The molecule has 0 unspecified atom stereocenters. The first-order valence-electron chi connectivity index (χ1n) is 11.0. The molecule has 0 amide bonds. The van der Waals surface area contributed by atoms with Gasteiger partial charge < -0.3 is 20.3 Å². The van der Waals surface area contributed by atoms with Crippen LogP contribution in [-0.2, 0) is 16.6 Å². The number of alkyl halides is 3. The number of carboxylic acid groups (broad SMARTS) is 1. The zero-order chi connectivity index (χ0) is 26.3. The molecule has 0 spiro atoms. The lowest BCUT2D eigenvalue weighted by Gasteiger charge is -2.44. The SMILES string of the molecule is COc1cc(Nc2nccc(C(F)(F)F)n2)cc(-c2cnc([C@@]3(O)CC[C@H](C(=O)O)C(C)(C)C3)s2)n1. The van der Waals surface area contributed by atoms with Crippen LogP contribution in [0.25, 0.3) is 10.6 Å². The summed E-state index contributed by atoms with van der Waals surface area (Å²) < 4.78 is 44.3. The first-order chi connectivity index (χ1) is 16.8. The Morgan fingerprint density at radius 1 is 1.25 bits per heavy atom. The van der Waals surface area contributed by atoms with Gasteiger partial charge in [0, 0.05) is 24.1 Å². The van der Waals surface area contributed by atoms with Crippen molar-refractivity contribution in [3.63, 3.8) is 0 Å². The topological polar surface area (TPSA) is 130 Å². The number of pyridine rings is 1. The smallest absolute Gasteiger partial charge is 0.433 e. The molecule has 9 nitrogen and oxygen atoms in total. The molecule has 3 N–H and O–H groups in total. The predicted octanol–water partition coefficient (Wildman–Crippen LogP) is 4.86. The lowest BCUT2D eigenvalue weighted by molar-refractivity contribution is -0.154. The molecular formula is C23H24F3N5O4S. The fraction of sp³-hybridized carbons (Fsp3) is 0.435. The van der Waals surface area contributed by atoms with Gasteiger partial charge in [-0.05, 0) is 36.8 Å². The molecule has 0 aromatic carbocycles. The highest BCUT2D eigenvalue weighted by Crippen LogP contribution is 2.50. The van der Waals surface area contributed by atoms with Gasteiger partial charge in [-0.3, -0.25) is 4.79 Å². The molecule has 36 heavy (non-hydrogen) atoms. The summed E-state index contributed by atoms with van der Waals surface area (Å²) in [6, 6.07) is 3.84. The van der Waals surface area contributed by atoms with E-state index in [0.717, 1.165) is 12.3 Å². The Balaban J connectivity index is 1.62. The molecule has 3 aromatic rings. The molecule has 4 rings (SSSR count). The summed E-state index contributed by atoms with van der Waals surface area (Å²) in [7, 11) is 1.40. The number of ether oxygens (including phenoxy) is 1. The first-order valence-corrected chi connectivity index (χ1v) is 11.8. The largest absolute Gasteiger partial charge is 0.481 e. The van der Waals surface area contributed by atoms with Crippen LogP contribution >= 0.6 is 11.3 Å². The molecule has 1 aliphatic rings. The van der Waals surface area contributed by atoms with Crippen molar-refractivity contribution in [3.8, 4) is 16.5 Å². The fourth-order valence-corrected chi connectivity index (χ4v) is 5.49. The van der Waals surface area contributed by atoms with Gasteiger partial charge in [0.2, 0.25) is 11.8 Å². The minimum Gasteiger partial charge on any atom is -0.481 e. The highest BCUT2D eigenvalue weighted by molar-refractivity contribution is 7.15. The van der Waals surface area contributed by atoms with E-state index < -0.39 is 34.8 Å². The zero-order valence-corrected chi connectivity index (χ0v) is 20.4. The fourth-order valence-electron chi connectivity index (χ4n) is 4.50. The standard InChI is InChI=1S/C23H24F3N5O4S/c1-21(2)11-22(34,6-4-13(21)18(32)33)19-28-10-15(36-19)14-8-12(9-17(30-14)35-3)29-20-27-7-5-16(31-20)23(24,25)26/h5,7-10,13,34H,4,6,11H2,1-3H3,(H,32,33)(H,27,29,30,31)/t13-,22-/m1/s1. The molecule has 3 heterocycles. The number of aromatic nitrogens is 4. The van der Waals surface area contributed by atoms with Gasteiger partial charge in [-0.25, -0.2) is 19.9 Å². The number of methoxy groups -OCH3 is 1. The number of hydrogen-bond donors (Lipinski definition) is 3. The number of carbonyl (C=O) groups is 1. The number of hydrogen-bond acceptors (Lipinski definition) is 9. The minimum absolute atomic E-state index is 0.193. The van der Waals surface area contributed by atoms with Crippen LogP contribution in [0.3, 0.4) is 0 Å². The van der Waals surface area contributed by atoms with Crippen LogP contribution in [0.4, 0.5) is 24.8 Å². The Morgan fingerprint density at radius 3 is 2.64 bits per heavy atom. The molecule has 13 heteroatoms. The number of rotatable bonds is 6. The van der Waals surface area contributed by atoms with Crippen LogP contribution in [0.2, 0.25) is 0 Å². The van der Waals surface area contributed by atoms with Crippen LogP contribution in [0, 0.1) is 11.3 Å². The van der Waals surface area contributed by atoms with Crippen LogP contribution in [0.15, 0.2) is 30.6 Å². The van der Waals surface area contributed by atoms with Crippen LogP contribution in [0.5, 0.6) is 5.88 Å². The third-order valence-electron chi connectivity index (χ3n) is 6.21. The summed E-state index contributed by atoms with van der Waals surface area (Å²) >= 11 is 1.21. The number of halogens is 3. The Bertz CT molecular complexity index is 1280. The average Bonchev–Trinajstić information content (AvgIpc) is 3.29. The molecule has 0 radical (unpaired) electrons. The number of aliphatic hydroxyl groups is 1. The molecule has 192 valence electrons. The number of aliphatic carboxylic acids is 1. The van der Waals surface area contributed by atoms with Gasteiger partial charge in [-0.1, -0.05) is 13.8 Å². The van der Waals surface area contributed by atoms with E-state index in [0.29, 0.717) is 27.7 Å². The van der Waals surface area contributed by atoms with Crippen LogP contribution < -0.4 is 10.1 Å². The van der Waals surface area contributed by atoms with Gasteiger partial charge in [0.1, 0.15) is 16.3 Å². The van der Waals surface area contributed by atoms with Crippen molar-refractivity contribution in [2.75, 3.05) is 12.4 Å². The van der Waals surface area contributed by atoms with Crippen LogP contribution in [0.1, 0.15) is 43.8 Å². The Hall–Kier alpha value is -3.32. The van der Waals surface area contributed by atoms with Crippen molar-refractivity contribution < 1.29 is 32.9 Å². The summed E-state index contributed by atoms with van der Waals surface area (Å²) in [5.74, 6) is -1.50. The third-order valence-corrected chi connectivity index (χ3v) is 7.42. The molecule has 2 atom stereocenters. The molecule has 0 bridgehead atoms. The molecular weight excluding hydrogens is 499 g/mol. The normalized spacial score (nSPS) is 21.7. The van der Waals surface area contributed by atoms with E-state index in [1.807, 2.05) is 13.8 Å². The highest BCUT2D eigenvalue weighted by Gasteiger charge is 2.49. The molecule has 0 saturated heterocycles. The van der Waals surface area contributed by atoms with Crippen molar-refractivity contribution in [2.45, 2.75) is 44.9 Å². The van der Waals surface area contributed by atoms with E-state index in [-0.39, 0.29) is 24.7 Å². The zero-order valence-electron chi connectivity index (χ0n) is 19.6. The maximum absolute atomic E-state index is 13.0. The molecule has 1 saturated carbocycles. The number of anilines is 2. The van der Waals surface area contributed by atoms with Crippen molar-refractivity contribution in [1.82, 2.24) is 19.9 Å². The van der Waals surface area contributed by atoms with Crippen LogP contribution in [-0.4, -0.2) is 43.2 Å². The summed E-state index contributed by atoms with van der Waals surface area (Å²) in [6.45, 7) is 3.64. The van der Waals surface area contributed by atoms with Gasteiger partial charge in [0.25, 0.3) is 0 Å². The monoisotopic (exact) mass is 523 g/mol. The van der Waals surface area contributed by atoms with Gasteiger partial charge in [-0.2, -0.15) is 13.2 Å². The van der Waals surface area contributed by atoms with Gasteiger partial charge >= 0.3 is 12.1 Å². The minimum atomic E-state index is -4.61.